The minimum atomic E-state index is -0.350. The zero-order chi connectivity index (χ0) is 19.4. The van der Waals surface area contributed by atoms with Crippen LogP contribution >= 0.6 is 0 Å². The minimum Gasteiger partial charge on any atom is -0.101 e. The smallest absolute Gasteiger partial charge is 0.101 e. The normalized spacial score (nSPS) is 11.7. The average molecular weight is 303 g/mol. The molecule has 0 saturated carbocycles. The first-order chi connectivity index (χ1) is 11.3. The first-order valence-corrected chi connectivity index (χ1v) is 7.81. The molecule has 0 spiro atoms. The Kier molecular flexibility index (Phi) is 5.35. The number of rotatable bonds is 1. The third kappa shape index (κ3) is 3.11. The topological polar surface area (TPSA) is 0 Å². The summed E-state index contributed by atoms with van der Waals surface area (Å²) in [6.45, 7) is 7.65. The van der Waals surface area contributed by atoms with E-state index in [0.29, 0.717) is 44.1 Å². The highest BCUT2D eigenvalue weighted by atomic mass is 14.2. The van der Waals surface area contributed by atoms with E-state index in [1.165, 1.54) is 0 Å². The van der Waals surface area contributed by atoms with Crippen LogP contribution in [0.5, 0.6) is 0 Å². The van der Waals surface area contributed by atoms with Crippen LogP contribution in [0.3, 0.4) is 0 Å². The Labute approximate surface area is 162 Å². The molecule has 0 atom stereocenters. The number of benzene rings is 2. The van der Waals surface area contributed by atoms with Crippen molar-refractivity contribution >= 4 is 106 Å². The maximum atomic E-state index is 6.30. The molecule has 0 fully saturated rings. The molecule has 0 aliphatic heterocycles. The third-order valence-corrected chi connectivity index (χ3v) is 4.58. The quantitative estimate of drug-likeness (QED) is 0.465. The maximum absolute atomic E-state index is 6.30. The summed E-state index contributed by atoms with van der Waals surface area (Å²) in [5.41, 5.74) is 3.93. The summed E-state index contributed by atoms with van der Waals surface area (Å²) in [6, 6.07) is 0. The molecule has 0 aliphatic carbocycles. The highest BCUT2D eigenvalue weighted by Gasteiger charge is 2.24. The Balaban J connectivity index is 3.03. The molecule has 25 heavy (non-hydrogen) atoms. The molecule has 2 rings (SSSR count). The van der Waals surface area contributed by atoms with Crippen LogP contribution in [0.2, 0.25) is 0 Å². The second-order valence-electron chi connectivity index (χ2n) is 7.31. The van der Waals surface area contributed by atoms with Crippen molar-refractivity contribution in [1.82, 2.24) is 0 Å². The van der Waals surface area contributed by atoms with Gasteiger partial charge < -0.3 is 0 Å². The lowest BCUT2D eigenvalue weighted by Gasteiger charge is -2.32. The first kappa shape index (κ1) is 20.3. The summed E-state index contributed by atoms with van der Waals surface area (Å²) in [5.74, 6) is 0. The average Bonchev–Trinajstić information content (AvgIpc) is 2.51. The van der Waals surface area contributed by atoms with E-state index in [0.717, 1.165) is 0 Å². The van der Waals surface area contributed by atoms with Crippen molar-refractivity contribution in [1.29, 1.82) is 0 Å². The number of hydrogen-bond donors (Lipinski definition) is 0. The van der Waals surface area contributed by atoms with Gasteiger partial charge in [-0.1, -0.05) is 64.7 Å². The molecule has 0 bridgehead atoms. The highest BCUT2D eigenvalue weighted by Crippen LogP contribution is 2.19. The van der Waals surface area contributed by atoms with Crippen LogP contribution in [0.1, 0.15) is 31.9 Å². The van der Waals surface area contributed by atoms with E-state index in [4.69, 9.17) is 62.8 Å². The largest absolute Gasteiger partial charge is 0.113 e. The standard InChI is InChI=1S/C17H12B8/c1-5-9(18)11(20)6(12(21)10(5)19)7-13(22)15(24)8(17(2,3)4)16(25)14(7)23/h1-4H3. The first-order valence-electron chi connectivity index (χ1n) is 7.81. The molecule has 0 N–H and O–H groups in total. The van der Waals surface area contributed by atoms with Gasteiger partial charge in [-0.3, -0.25) is 0 Å². The number of hydrogen-bond acceptors (Lipinski definition) is 0. The summed E-state index contributed by atoms with van der Waals surface area (Å²) in [7, 11) is 49.7. The zero-order valence-corrected chi connectivity index (χ0v) is 15.1. The van der Waals surface area contributed by atoms with Crippen molar-refractivity contribution in [3.8, 4) is 11.1 Å². The molecule has 2 aromatic rings. The zero-order valence-electron chi connectivity index (χ0n) is 15.1. The molecular formula is C17H12B8. The Morgan fingerprint density at radius 1 is 0.480 bits per heavy atom. The van der Waals surface area contributed by atoms with Crippen LogP contribution in [-0.2, 0) is 5.41 Å². The summed E-state index contributed by atoms with van der Waals surface area (Å²) in [6.07, 6.45) is 0. The highest BCUT2D eigenvalue weighted by molar-refractivity contribution is 6.65. The van der Waals surface area contributed by atoms with Gasteiger partial charge in [0.25, 0.3) is 0 Å². The van der Waals surface area contributed by atoms with Crippen LogP contribution in [0, 0.1) is 6.92 Å². The summed E-state index contributed by atoms with van der Waals surface area (Å²) < 4.78 is 0. The second kappa shape index (κ2) is 6.60. The Morgan fingerprint density at radius 3 is 1.04 bits per heavy atom. The Morgan fingerprint density at radius 2 is 0.760 bits per heavy atom. The molecule has 0 amide bonds. The van der Waals surface area contributed by atoms with E-state index in [2.05, 4.69) is 0 Å². The van der Waals surface area contributed by atoms with Gasteiger partial charge in [0.05, 0.1) is 0 Å². The van der Waals surface area contributed by atoms with E-state index < -0.39 is 0 Å². The lowest BCUT2D eigenvalue weighted by molar-refractivity contribution is 0.598. The van der Waals surface area contributed by atoms with Crippen molar-refractivity contribution < 1.29 is 0 Å². The van der Waals surface area contributed by atoms with Gasteiger partial charge in [0, 0.05) is 0 Å². The van der Waals surface area contributed by atoms with E-state index in [-0.39, 0.29) is 27.3 Å². The van der Waals surface area contributed by atoms with Gasteiger partial charge in [-0.25, -0.2) is 0 Å². The molecule has 0 unspecified atom stereocenters. The van der Waals surface area contributed by atoms with E-state index in [1.807, 2.05) is 20.8 Å². The van der Waals surface area contributed by atoms with Crippen molar-refractivity contribution in [2.75, 3.05) is 0 Å². The van der Waals surface area contributed by atoms with Crippen molar-refractivity contribution in [3.63, 3.8) is 0 Å². The molecule has 2 aromatic carbocycles. The van der Waals surface area contributed by atoms with Gasteiger partial charge in [-0.15, -0.1) is 10.9 Å². The predicted molar refractivity (Wildman–Crippen MR) is 118 cm³/mol. The van der Waals surface area contributed by atoms with Crippen molar-refractivity contribution in [2.45, 2.75) is 33.1 Å². The molecule has 0 saturated heterocycles. The van der Waals surface area contributed by atoms with E-state index >= 15 is 0 Å². The molecule has 0 heterocycles. The lowest BCUT2D eigenvalue weighted by Crippen LogP contribution is -2.53. The molecule has 104 valence electrons. The van der Waals surface area contributed by atoms with Crippen LogP contribution < -0.4 is 43.7 Å². The van der Waals surface area contributed by atoms with Gasteiger partial charge in [0.15, 0.2) is 0 Å². The Bertz CT molecular complexity index is 820. The summed E-state index contributed by atoms with van der Waals surface area (Å²) in [5, 5.41) is 0. The van der Waals surface area contributed by atoms with E-state index in [9.17, 15) is 0 Å². The molecule has 0 aliphatic rings. The van der Waals surface area contributed by atoms with Gasteiger partial charge >= 0.3 is 0 Å². The predicted octanol–water partition coefficient (Wildman–Crippen LogP) is -4.69. The van der Waals surface area contributed by atoms with Crippen LogP contribution in [0.25, 0.3) is 11.1 Å². The molecule has 8 heteroatoms. The van der Waals surface area contributed by atoms with Crippen molar-refractivity contribution in [3.05, 3.63) is 11.1 Å². The van der Waals surface area contributed by atoms with Gasteiger partial charge in [-0.05, 0) is 23.5 Å². The van der Waals surface area contributed by atoms with E-state index in [1.54, 1.807) is 6.92 Å². The van der Waals surface area contributed by atoms with Crippen molar-refractivity contribution in [2.24, 2.45) is 0 Å². The van der Waals surface area contributed by atoms with Gasteiger partial charge in [0.1, 0.15) is 62.8 Å². The Hall–Kier alpha value is -1.04. The van der Waals surface area contributed by atoms with Gasteiger partial charge in [0.2, 0.25) is 0 Å². The minimum absolute atomic E-state index is 0.241. The van der Waals surface area contributed by atoms with Crippen LogP contribution in [-0.4, -0.2) is 62.8 Å². The second-order valence-corrected chi connectivity index (χ2v) is 7.31. The van der Waals surface area contributed by atoms with Crippen LogP contribution in [0.4, 0.5) is 0 Å². The molecule has 0 nitrogen and oxygen atoms in total. The third-order valence-electron chi connectivity index (χ3n) is 4.58. The maximum Gasteiger partial charge on any atom is 0.113 e. The fourth-order valence-corrected chi connectivity index (χ4v) is 3.14. The monoisotopic (exact) mass is 304 g/mol. The molecule has 0 aromatic heterocycles. The summed E-state index contributed by atoms with van der Waals surface area (Å²) >= 11 is 0. The molecular weight excluding hydrogens is 291 g/mol. The summed E-state index contributed by atoms with van der Waals surface area (Å²) in [4.78, 5) is 0. The fraction of sp³-hybridized carbons (Fsp3) is 0.294. The van der Waals surface area contributed by atoms with Crippen LogP contribution in [0.15, 0.2) is 0 Å². The molecule has 16 radical (unpaired) electrons. The SMILES string of the molecule is [B]c1c([B])c(-c2c([B])c([B])c(C(C)(C)C)c([B])c2[B])c([B])c([B])c1C. The fourth-order valence-electron chi connectivity index (χ4n) is 3.14. The van der Waals surface area contributed by atoms with Gasteiger partial charge in [-0.2, -0.15) is 0 Å². The lowest BCUT2D eigenvalue weighted by atomic mass is 9.56.